The molecule has 28 heavy (non-hydrogen) atoms. The molecule has 0 atom stereocenters. The normalized spacial score (nSPS) is 10.8. The lowest BCUT2D eigenvalue weighted by molar-refractivity contribution is -0.113. The van der Waals surface area contributed by atoms with Gasteiger partial charge in [-0.25, -0.2) is 0 Å². The van der Waals surface area contributed by atoms with Crippen LogP contribution in [0.4, 0.5) is 10.3 Å². The molecule has 0 aliphatic heterocycles. The van der Waals surface area contributed by atoms with Crippen LogP contribution >= 0.6 is 46.2 Å². The molecule has 0 spiro atoms. The van der Waals surface area contributed by atoms with Gasteiger partial charge in [-0.1, -0.05) is 53.1 Å². The van der Waals surface area contributed by atoms with E-state index in [4.69, 9.17) is 4.42 Å². The van der Waals surface area contributed by atoms with E-state index < -0.39 is 0 Å². The van der Waals surface area contributed by atoms with Crippen LogP contribution in [0.25, 0.3) is 0 Å². The third kappa shape index (κ3) is 5.53. The second-order valence-corrected chi connectivity index (χ2v) is 9.99. The van der Waals surface area contributed by atoms with Gasteiger partial charge in [-0.2, -0.15) is 0 Å². The maximum absolute atomic E-state index is 12.3. The minimum Gasteiger partial charge on any atom is -0.466 e. The summed E-state index contributed by atoms with van der Waals surface area (Å²) in [6.07, 6.45) is 0. The lowest BCUT2D eigenvalue weighted by atomic mass is 10.2. The number of aryl methyl sites for hydroxylation is 2. The highest BCUT2D eigenvalue weighted by molar-refractivity contribution is 8.01. The Kier molecular flexibility index (Phi) is 7.04. The van der Waals surface area contributed by atoms with Crippen molar-refractivity contribution in [2.45, 2.75) is 29.5 Å². The predicted octanol–water partition coefficient (Wildman–Crippen LogP) is 3.69. The second-order valence-electron chi connectivity index (χ2n) is 5.30. The first kappa shape index (κ1) is 20.8. The summed E-state index contributed by atoms with van der Waals surface area (Å²) < 4.78 is 6.75. The van der Waals surface area contributed by atoms with Gasteiger partial charge in [0.05, 0.1) is 11.3 Å². The molecule has 0 aromatic carbocycles. The first-order valence-corrected chi connectivity index (χ1v) is 11.7. The number of amides is 2. The fourth-order valence-corrected chi connectivity index (χ4v) is 5.28. The number of thioether (sulfide) groups is 2. The van der Waals surface area contributed by atoms with Gasteiger partial charge in [0.15, 0.2) is 8.68 Å². The molecule has 3 rings (SSSR count). The molecule has 2 amide bonds. The van der Waals surface area contributed by atoms with Crippen molar-refractivity contribution in [3.8, 4) is 0 Å². The van der Waals surface area contributed by atoms with Crippen molar-refractivity contribution in [3.63, 3.8) is 0 Å². The van der Waals surface area contributed by atoms with Crippen LogP contribution in [0.2, 0.25) is 0 Å². The quantitative estimate of drug-likeness (QED) is 0.386. The Morgan fingerprint density at radius 1 is 1.04 bits per heavy atom. The van der Waals surface area contributed by atoms with E-state index in [-0.39, 0.29) is 17.6 Å². The van der Waals surface area contributed by atoms with Crippen LogP contribution < -0.4 is 10.6 Å². The Hall–Kier alpha value is -1.96. The molecule has 0 saturated heterocycles. The van der Waals surface area contributed by atoms with Crippen LogP contribution in [-0.4, -0.2) is 43.7 Å². The number of nitrogens with zero attached hydrogens (tertiary/aromatic N) is 4. The summed E-state index contributed by atoms with van der Waals surface area (Å²) in [5, 5.41) is 22.1. The molecule has 2 N–H and O–H groups in total. The van der Waals surface area contributed by atoms with Gasteiger partial charge in [0.25, 0.3) is 5.91 Å². The molecule has 0 aliphatic carbocycles. The number of carbonyl (C=O) groups excluding carboxylic acids is 2. The maximum Gasteiger partial charge on any atom is 0.261 e. The Balaban J connectivity index is 1.49. The SMILES string of the molecule is CCSc1nnc(NC(=O)CSc2nnc(NC(=O)c3cc(C)oc3C)s2)s1. The number of carbonyl (C=O) groups is 2. The molecule has 0 fully saturated rings. The van der Waals surface area contributed by atoms with Crippen LogP contribution in [0.3, 0.4) is 0 Å². The zero-order valence-electron chi connectivity index (χ0n) is 15.1. The van der Waals surface area contributed by atoms with Crippen LogP contribution in [0.15, 0.2) is 19.2 Å². The first-order chi connectivity index (χ1) is 13.4. The molecule has 0 unspecified atom stereocenters. The average Bonchev–Trinajstić information content (AvgIpc) is 3.34. The molecule has 3 aromatic heterocycles. The molecule has 0 radical (unpaired) electrons. The maximum atomic E-state index is 12.3. The molecule has 0 saturated carbocycles. The molecular formula is C15H16N6O3S4. The minimum atomic E-state index is -0.309. The summed E-state index contributed by atoms with van der Waals surface area (Å²) in [5.74, 6) is 1.74. The van der Waals surface area contributed by atoms with Gasteiger partial charge in [0.2, 0.25) is 16.2 Å². The first-order valence-electron chi connectivity index (χ1n) is 8.05. The molecule has 148 valence electrons. The summed E-state index contributed by atoms with van der Waals surface area (Å²) in [6.45, 7) is 5.53. The third-order valence-corrected chi connectivity index (χ3v) is 6.99. The van der Waals surface area contributed by atoms with Gasteiger partial charge in [-0.15, -0.1) is 20.4 Å². The van der Waals surface area contributed by atoms with E-state index in [0.717, 1.165) is 10.1 Å². The largest absolute Gasteiger partial charge is 0.466 e. The molecular weight excluding hydrogens is 440 g/mol. The van der Waals surface area contributed by atoms with Crippen molar-refractivity contribution in [2.75, 3.05) is 22.1 Å². The lowest BCUT2D eigenvalue weighted by Crippen LogP contribution is -2.13. The molecule has 0 bridgehead atoms. The highest BCUT2D eigenvalue weighted by Crippen LogP contribution is 2.28. The fourth-order valence-electron chi connectivity index (χ4n) is 2.06. The van der Waals surface area contributed by atoms with Gasteiger partial charge < -0.3 is 4.42 Å². The summed E-state index contributed by atoms with van der Waals surface area (Å²) in [5.41, 5.74) is 0.457. The molecule has 13 heteroatoms. The number of hydrogen-bond donors (Lipinski definition) is 2. The molecule has 3 aromatic rings. The lowest BCUT2D eigenvalue weighted by Gasteiger charge is -1.99. The van der Waals surface area contributed by atoms with Crippen molar-refractivity contribution >= 4 is 68.3 Å². The van der Waals surface area contributed by atoms with Crippen LogP contribution in [0.1, 0.15) is 28.8 Å². The van der Waals surface area contributed by atoms with Crippen molar-refractivity contribution in [1.82, 2.24) is 20.4 Å². The highest BCUT2D eigenvalue weighted by atomic mass is 32.2. The molecule has 3 heterocycles. The minimum absolute atomic E-state index is 0.151. The summed E-state index contributed by atoms with van der Waals surface area (Å²) in [6, 6.07) is 1.67. The number of aromatic nitrogens is 4. The number of anilines is 2. The van der Waals surface area contributed by atoms with Gasteiger partial charge in [0.1, 0.15) is 11.5 Å². The monoisotopic (exact) mass is 456 g/mol. The van der Waals surface area contributed by atoms with Gasteiger partial charge >= 0.3 is 0 Å². The van der Waals surface area contributed by atoms with E-state index in [9.17, 15) is 9.59 Å². The Labute approximate surface area is 177 Å². The Morgan fingerprint density at radius 2 is 1.68 bits per heavy atom. The van der Waals surface area contributed by atoms with Crippen LogP contribution in [0, 0.1) is 13.8 Å². The molecule has 9 nitrogen and oxygen atoms in total. The zero-order valence-corrected chi connectivity index (χ0v) is 18.4. The van der Waals surface area contributed by atoms with Crippen molar-refractivity contribution in [2.24, 2.45) is 0 Å². The van der Waals surface area contributed by atoms with E-state index in [1.165, 1.54) is 34.4 Å². The van der Waals surface area contributed by atoms with Gasteiger partial charge in [0, 0.05) is 0 Å². The number of rotatable bonds is 8. The smallest absolute Gasteiger partial charge is 0.261 e. The van der Waals surface area contributed by atoms with E-state index in [2.05, 4.69) is 31.0 Å². The number of hydrogen-bond acceptors (Lipinski definition) is 11. The summed E-state index contributed by atoms with van der Waals surface area (Å²) in [4.78, 5) is 24.3. The second kappa shape index (κ2) is 9.49. The van der Waals surface area contributed by atoms with Crippen molar-refractivity contribution < 1.29 is 14.0 Å². The van der Waals surface area contributed by atoms with Crippen LogP contribution in [0.5, 0.6) is 0 Å². The highest BCUT2D eigenvalue weighted by Gasteiger charge is 2.16. The van der Waals surface area contributed by atoms with Crippen molar-refractivity contribution in [3.05, 3.63) is 23.2 Å². The zero-order chi connectivity index (χ0) is 20.1. The van der Waals surface area contributed by atoms with E-state index in [1.54, 1.807) is 31.7 Å². The Morgan fingerprint density at radius 3 is 2.29 bits per heavy atom. The third-order valence-electron chi connectivity index (χ3n) is 3.16. The van der Waals surface area contributed by atoms with E-state index >= 15 is 0 Å². The standard InChI is InChI=1S/C15H16N6O3S4/c1-4-25-14-20-18-12(27-14)16-10(22)6-26-15-21-19-13(28-15)17-11(23)9-5-7(2)24-8(9)3/h5H,4,6H2,1-3H3,(H,16,18,22)(H,17,19,23). The summed E-state index contributed by atoms with van der Waals surface area (Å²) >= 11 is 5.34. The Bertz CT molecular complexity index is 982. The number of nitrogens with one attached hydrogen (secondary N) is 2. The topological polar surface area (TPSA) is 123 Å². The average molecular weight is 457 g/mol. The van der Waals surface area contributed by atoms with Gasteiger partial charge in [-0.3, -0.25) is 20.2 Å². The summed E-state index contributed by atoms with van der Waals surface area (Å²) in [7, 11) is 0. The predicted molar refractivity (Wildman–Crippen MR) is 112 cm³/mol. The van der Waals surface area contributed by atoms with E-state index in [0.29, 0.717) is 31.7 Å². The number of furan rings is 1. The fraction of sp³-hybridized carbons (Fsp3) is 0.333. The van der Waals surface area contributed by atoms with Crippen LogP contribution in [-0.2, 0) is 4.79 Å². The van der Waals surface area contributed by atoms with Gasteiger partial charge in [-0.05, 0) is 25.7 Å². The molecule has 0 aliphatic rings. The van der Waals surface area contributed by atoms with Crippen molar-refractivity contribution in [1.29, 1.82) is 0 Å². The van der Waals surface area contributed by atoms with E-state index in [1.807, 2.05) is 6.92 Å².